The number of ether oxygens (including phenoxy) is 1. The Morgan fingerprint density at radius 3 is 2.41 bits per heavy atom. The van der Waals surface area contributed by atoms with E-state index in [1.54, 1.807) is 0 Å². The van der Waals surface area contributed by atoms with Gasteiger partial charge in [0.2, 0.25) is 11.8 Å². The maximum Gasteiger partial charge on any atom is 0.234 e. The SMILES string of the molecule is CCCCC(=O)Nc1ccc(SCC(=O)Nc2ccccc2OCC)cc1. The van der Waals surface area contributed by atoms with Gasteiger partial charge in [-0.2, -0.15) is 0 Å². The number of unbranched alkanes of at least 4 members (excludes halogenated alkanes) is 1. The van der Waals surface area contributed by atoms with Crippen molar-refractivity contribution < 1.29 is 14.3 Å². The summed E-state index contributed by atoms with van der Waals surface area (Å²) in [5.74, 6) is 0.901. The number of para-hydroxylation sites is 2. The van der Waals surface area contributed by atoms with Crippen LogP contribution < -0.4 is 15.4 Å². The quantitative estimate of drug-likeness (QED) is 0.567. The molecule has 0 radical (unpaired) electrons. The average molecular weight is 387 g/mol. The molecule has 0 saturated carbocycles. The molecule has 0 heterocycles. The lowest BCUT2D eigenvalue weighted by Crippen LogP contribution is -2.15. The number of amides is 2. The molecule has 2 amide bonds. The van der Waals surface area contributed by atoms with Gasteiger partial charge in [0.1, 0.15) is 5.75 Å². The highest BCUT2D eigenvalue weighted by molar-refractivity contribution is 8.00. The van der Waals surface area contributed by atoms with E-state index < -0.39 is 0 Å². The van der Waals surface area contributed by atoms with Gasteiger partial charge in [0.05, 0.1) is 18.0 Å². The molecule has 2 aromatic rings. The van der Waals surface area contributed by atoms with Crippen molar-refractivity contribution in [2.45, 2.75) is 38.0 Å². The molecular formula is C21H26N2O3S. The summed E-state index contributed by atoms with van der Waals surface area (Å²) in [7, 11) is 0. The summed E-state index contributed by atoms with van der Waals surface area (Å²) in [6.07, 6.45) is 2.43. The van der Waals surface area contributed by atoms with E-state index in [1.165, 1.54) is 11.8 Å². The summed E-state index contributed by atoms with van der Waals surface area (Å²) < 4.78 is 5.51. The predicted molar refractivity (Wildman–Crippen MR) is 112 cm³/mol. The number of hydrogen-bond donors (Lipinski definition) is 2. The van der Waals surface area contributed by atoms with E-state index in [2.05, 4.69) is 17.6 Å². The monoisotopic (exact) mass is 386 g/mol. The van der Waals surface area contributed by atoms with Crippen molar-refractivity contribution in [2.75, 3.05) is 23.0 Å². The summed E-state index contributed by atoms with van der Waals surface area (Å²) in [4.78, 5) is 24.9. The third kappa shape index (κ3) is 7.35. The van der Waals surface area contributed by atoms with E-state index >= 15 is 0 Å². The second-order valence-corrected chi connectivity index (χ2v) is 6.99. The van der Waals surface area contributed by atoms with Crippen molar-refractivity contribution in [3.63, 3.8) is 0 Å². The summed E-state index contributed by atoms with van der Waals surface area (Å²) >= 11 is 1.44. The van der Waals surface area contributed by atoms with Crippen LogP contribution in [0.5, 0.6) is 5.75 Å². The zero-order chi connectivity index (χ0) is 19.5. The molecule has 0 saturated heterocycles. The summed E-state index contributed by atoms with van der Waals surface area (Å²) in [5.41, 5.74) is 1.45. The number of hydrogen-bond acceptors (Lipinski definition) is 4. The molecule has 144 valence electrons. The topological polar surface area (TPSA) is 67.4 Å². The van der Waals surface area contributed by atoms with Crippen molar-refractivity contribution in [1.29, 1.82) is 0 Å². The summed E-state index contributed by atoms with van der Waals surface area (Å²) in [6, 6.07) is 14.9. The Morgan fingerprint density at radius 1 is 0.963 bits per heavy atom. The molecule has 0 aliphatic heterocycles. The minimum atomic E-state index is -0.0934. The third-order valence-electron chi connectivity index (χ3n) is 3.73. The van der Waals surface area contributed by atoms with Gasteiger partial charge < -0.3 is 15.4 Å². The highest BCUT2D eigenvalue weighted by Crippen LogP contribution is 2.25. The van der Waals surface area contributed by atoms with E-state index in [-0.39, 0.29) is 11.8 Å². The van der Waals surface area contributed by atoms with Gasteiger partial charge in [0.15, 0.2) is 0 Å². The molecule has 0 spiro atoms. The summed E-state index contributed by atoms with van der Waals surface area (Å²) in [6.45, 7) is 4.51. The highest BCUT2D eigenvalue weighted by atomic mass is 32.2. The van der Waals surface area contributed by atoms with Crippen LogP contribution in [0, 0.1) is 0 Å². The molecular weight excluding hydrogens is 360 g/mol. The minimum Gasteiger partial charge on any atom is -0.492 e. The fraction of sp³-hybridized carbons (Fsp3) is 0.333. The fourth-order valence-electron chi connectivity index (χ4n) is 2.38. The first-order valence-corrected chi connectivity index (χ1v) is 10.1. The van der Waals surface area contributed by atoms with Crippen LogP contribution in [0.15, 0.2) is 53.4 Å². The van der Waals surface area contributed by atoms with Crippen LogP contribution in [0.4, 0.5) is 11.4 Å². The van der Waals surface area contributed by atoms with Gasteiger partial charge in [0, 0.05) is 17.0 Å². The predicted octanol–water partition coefficient (Wildman–Crippen LogP) is 4.94. The first-order chi connectivity index (χ1) is 13.1. The van der Waals surface area contributed by atoms with Gasteiger partial charge in [-0.1, -0.05) is 25.5 Å². The van der Waals surface area contributed by atoms with Crippen molar-refractivity contribution in [3.05, 3.63) is 48.5 Å². The van der Waals surface area contributed by atoms with Crippen LogP contribution in [-0.4, -0.2) is 24.2 Å². The van der Waals surface area contributed by atoms with Crippen molar-refractivity contribution in [3.8, 4) is 5.75 Å². The number of anilines is 2. The van der Waals surface area contributed by atoms with Gasteiger partial charge in [-0.25, -0.2) is 0 Å². The minimum absolute atomic E-state index is 0.0320. The Bertz CT molecular complexity index is 747. The number of nitrogens with one attached hydrogen (secondary N) is 2. The van der Waals surface area contributed by atoms with Crippen LogP contribution in [0.3, 0.4) is 0 Å². The maximum atomic E-state index is 12.2. The Labute approximate surface area is 164 Å². The molecule has 2 N–H and O–H groups in total. The lowest BCUT2D eigenvalue weighted by molar-refractivity contribution is -0.116. The van der Waals surface area contributed by atoms with Crippen LogP contribution >= 0.6 is 11.8 Å². The van der Waals surface area contributed by atoms with Crippen LogP contribution in [0.25, 0.3) is 0 Å². The number of benzene rings is 2. The van der Waals surface area contributed by atoms with Crippen LogP contribution in [0.1, 0.15) is 33.1 Å². The van der Waals surface area contributed by atoms with Crippen molar-refractivity contribution in [2.24, 2.45) is 0 Å². The number of thioether (sulfide) groups is 1. The molecule has 0 aliphatic rings. The second kappa shape index (κ2) is 11.3. The first kappa shape index (κ1) is 20.8. The van der Waals surface area contributed by atoms with Crippen LogP contribution in [0.2, 0.25) is 0 Å². The van der Waals surface area contributed by atoms with Gasteiger partial charge in [-0.15, -0.1) is 11.8 Å². The Hall–Kier alpha value is -2.47. The third-order valence-corrected chi connectivity index (χ3v) is 4.74. The molecule has 2 aromatic carbocycles. The molecule has 0 aliphatic carbocycles. The average Bonchev–Trinajstić information content (AvgIpc) is 2.67. The Kier molecular flexibility index (Phi) is 8.71. The molecule has 5 nitrogen and oxygen atoms in total. The van der Waals surface area contributed by atoms with Crippen LogP contribution in [-0.2, 0) is 9.59 Å². The van der Waals surface area contributed by atoms with E-state index in [0.29, 0.717) is 30.2 Å². The van der Waals surface area contributed by atoms with Gasteiger partial charge in [-0.3, -0.25) is 9.59 Å². The van der Waals surface area contributed by atoms with Gasteiger partial charge >= 0.3 is 0 Å². The van der Waals surface area contributed by atoms with Gasteiger partial charge in [-0.05, 0) is 49.7 Å². The van der Waals surface area contributed by atoms with E-state index in [9.17, 15) is 9.59 Å². The highest BCUT2D eigenvalue weighted by Gasteiger charge is 2.08. The zero-order valence-electron chi connectivity index (χ0n) is 15.8. The number of carbonyl (C=O) groups is 2. The molecule has 0 unspecified atom stereocenters. The zero-order valence-corrected chi connectivity index (χ0v) is 16.6. The van der Waals surface area contributed by atoms with Crippen molar-refractivity contribution >= 4 is 35.0 Å². The fourth-order valence-corrected chi connectivity index (χ4v) is 3.08. The molecule has 0 bridgehead atoms. The van der Waals surface area contributed by atoms with E-state index in [1.807, 2.05) is 55.5 Å². The summed E-state index contributed by atoms with van der Waals surface area (Å²) in [5, 5.41) is 5.76. The lowest BCUT2D eigenvalue weighted by Gasteiger charge is -2.11. The first-order valence-electron chi connectivity index (χ1n) is 9.16. The molecule has 2 rings (SSSR count). The standard InChI is InChI=1S/C21H26N2O3S/c1-3-5-10-20(24)22-16-11-13-17(14-12-16)27-15-21(25)23-18-8-6-7-9-19(18)26-4-2/h6-9,11-14H,3-5,10,15H2,1-2H3,(H,22,24)(H,23,25). The number of carbonyl (C=O) groups excluding carboxylic acids is 2. The Balaban J connectivity index is 1.82. The molecule has 0 atom stereocenters. The Morgan fingerprint density at radius 2 is 1.70 bits per heavy atom. The lowest BCUT2D eigenvalue weighted by atomic mass is 10.2. The van der Waals surface area contributed by atoms with Gasteiger partial charge in [0.25, 0.3) is 0 Å². The molecule has 27 heavy (non-hydrogen) atoms. The smallest absolute Gasteiger partial charge is 0.234 e. The largest absolute Gasteiger partial charge is 0.492 e. The van der Waals surface area contributed by atoms with E-state index in [0.717, 1.165) is 23.4 Å². The molecule has 0 fully saturated rings. The molecule has 6 heteroatoms. The maximum absolute atomic E-state index is 12.2. The normalized spacial score (nSPS) is 10.3. The second-order valence-electron chi connectivity index (χ2n) is 5.94. The van der Waals surface area contributed by atoms with Crippen molar-refractivity contribution in [1.82, 2.24) is 0 Å². The number of rotatable bonds is 10. The molecule has 0 aromatic heterocycles. The van der Waals surface area contributed by atoms with E-state index in [4.69, 9.17) is 4.74 Å².